The van der Waals surface area contributed by atoms with Crippen LogP contribution in [0.15, 0.2) is 36.4 Å². The van der Waals surface area contributed by atoms with Crippen molar-refractivity contribution in [3.05, 3.63) is 47.5 Å². The maximum Gasteiger partial charge on any atom is 0.0480 e. The third kappa shape index (κ3) is 1.56. The maximum absolute atomic E-state index is 2.29. The molecule has 0 saturated heterocycles. The summed E-state index contributed by atoms with van der Waals surface area (Å²) in [7, 11) is 0. The zero-order chi connectivity index (χ0) is 8.39. The highest BCUT2D eigenvalue weighted by Gasteiger charge is 2.10. The predicted octanol–water partition coefficient (Wildman–Crippen LogP) is 3.34. The lowest BCUT2D eigenvalue weighted by molar-refractivity contribution is 1.24. The van der Waals surface area contributed by atoms with Gasteiger partial charge in [0.05, 0.1) is 0 Å². The van der Waals surface area contributed by atoms with Crippen molar-refractivity contribution in [2.45, 2.75) is 12.2 Å². The molecular formula is C11H12S. The van der Waals surface area contributed by atoms with Gasteiger partial charge in [-0.2, -0.15) is 0 Å². The molecule has 0 radical (unpaired) electrons. The summed E-state index contributed by atoms with van der Waals surface area (Å²) >= 11 is 1.99. The average Bonchev–Trinajstić information content (AvgIpc) is 2.58. The third-order valence-corrected chi connectivity index (χ3v) is 3.26. The van der Waals surface area contributed by atoms with E-state index in [1.54, 1.807) is 0 Å². The van der Waals surface area contributed by atoms with Crippen LogP contribution < -0.4 is 0 Å². The van der Waals surface area contributed by atoms with Crippen LogP contribution >= 0.6 is 11.8 Å². The molecule has 0 bridgehead atoms. The molecule has 0 aromatic heterocycles. The Morgan fingerprint density at radius 1 is 1.25 bits per heavy atom. The van der Waals surface area contributed by atoms with E-state index in [9.17, 15) is 0 Å². The van der Waals surface area contributed by atoms with Gasteiger partial charge in [0.25, 0.3) is 0 Å². The normalized spacial score (nSPS) is 21.6. The molecule has 1 aliphatic rings. The van der Waals surface area contributed by atoms with E-state index in [2.05, 4.69) is 43.3 Å². The van der Waals surface area contributed by atoms with Crippen molar-refractivity contribution in [2.75, 3.05) is 5.75 Å². The van der Waals surface area contributed by atoms with E-state index < -0.39 is 0 Å². The maximum atomic E-state index is 2.29. The lowest BCUT2D eigenvalue weighted by Crippen LogP contribution is -1.86. The summed E-state index contributed by atoms with van der Waals surface area (Å²) in [5, 5.41) is 0.602. The van der Waals surface area contributed by atoms with Gasteiger partial charge in [-0.1, -0.05) is 42.0 Å². The molecule has 0 fully saturated rings. The molecule has 1 heteroatoms. The first-order valence-corrected chi connectivity index (χ1v) is 5.26. The minimum atomic E-state index is 0.602. The summed E-state index contributed by atoms with van der Waals surface area (Å²) in [5.74, 6) is 1.17. The van der Waals surface area contributed by atoms with Crippen molar-refractivity contribution in [2.24, 2.45) is 0 Å². The molecule has 0 amide bonds. The molecule has 12 heavy (non-hydrogen) atoms. The van der Waals surface area contributed by atoms with Crippen LogP contribution in [0.4, 0.5) is 0 Å². The van der Waals surface area contributed by atoms with Crippen LogP contribution in [0.3, 0.4) is 0 Å². The van der Waals surface area contributed by atoms with E-state index in [1.807, 2.05) is 11.8 Å². The summed E-state index contributed by atoms with van der Waals surface area (Å²) in [4.78, 5) is 0. The van der Waals surface area contributed by atoms with Gasteiger partial charge in [0.15, 0.2) is 0 Å². The number of benzene rings is 1. The topological polar surface area (TPSA) is 0 Å². The fraction of sp³-hybridized carbons (Fsp3) is 0.273. The Kier molecular flexibility index (Phi) is 2.22. The Morgan fingerprint density at radius 3 is 2.58 bits per heavy atom. The van der Waals surface area contributed by atoms with Gasteiger partial charge in [0, 0.05) is 11.0 Å². The Hall–Kier alpha value is -0.690. The van der Waals surface area contributed by atoms with Gasteiger partial charge in [0.1, 0.15) is 0 Å². The van der Waals surface area contributed by atoms with E-state index in [0.717, 1.165) is 0 Å². The van der Waals surface area contributed by atoms with Crippen molar-refractivity contribution >= 4 is 11.8 Å². The number of aryl methyl sites for hydroxylation is 1. The fourth-order valence-electron chi connectivity index (χ4n) is 1.36. The van der Waals surface area contributed by atoms with Crippen LogP contribution in [-0.2, 0) is 0 Å². The van der Waals surface area contributed by atoms with Gasteiger partial charge in [-0.3, -0.25) is 0 Å². The lowest BCUT2D eigenvalue weighted by Gasteiger charge is -2.06. The van der Waals surface area contributed by atoms with Gasteiger partial charge in [-0.15, -0.1) is 11.8 Å². The summed E-state index contributed by atoms with van der Waals surface area (Å²) in [5.41, 5.74) is 2.77. The molecule has 1 aromatic rings. The summed E-state index contributed by atoms with van der Waals surface area (Å²) in [6.45, 7) is 2.13. The molecular weight excluding hydrogens is 164 g/mol. The van der Waals surface area contributed by atoms with Crippen molar-refractivity contribution in [1.82, 2.24) is 0 Å². The minimum absolute atomic E-state index is 0.602. The standard InChI is InChI=1S/C11H12S/c1-9-4-6-10(7-5-9)11-3-2-8-12-11/h2-7,11H,8H2,1H3. The second kappa shape index (κ2) is 3.36. The zero-order valence-electron chi connectivity index (χ0n) is 7.16. The van der Waals surface area contributed by atoms with Gasteiger partial charge in [-0.05, 0) is 12.5 Å². The highest BCUT2D eigenvalue weighted by Crippen LogP contribution is 2.34. The molecule has 0 spiro atoms. The van der Waals surface area contributed by atoms with E-state index >= 15 is 0 Å². The van der Waals surface area contributed by atoms with Gasteiger partial charge in [0.2, 0.25) is 0 Å². The molecule has 2 rings (SSSR count). The second-order valence-corrected chi connectivity index (χ2v) is 4.27. The van der Waals surface area contributed by atoms with Gasteiger partial charge >= 0.3 is 0 Å². The lowest BCUT2D eigenvalue weighted by atomic mass is 10.1. The van der Waals surface area contributed by atoms with Crippen LogP contribution in [0, 0.1) is 6.92 Å². The summed E-state index contributed by atoms with van der Waals surface area (Å²) in [6.07, 6.45) is 4.53. The molecule has 1 unspecified atom stereocenters. The molecule has 0 N–H and O–H groups in total. The van der Waals surface area contributed by atoms with Crippen molar-refractivity contribution in [3.8, 4) is 0 Å². The smallest absolute Gasteiger partial charge is 0.0480 e. The Morgan fingerprint density at radius 2 is 2.00 bits per heavy atom. The van der Waals surface area contributed by atoms with Crippen LogP contribution in [-0.4, -0.2) is 5.75 Å². The fourth-order valence-corrected chi connectivity index (χ4v) is 2.36. The Balaban J connectivity index is 2.23. The van der Waals surface area contributed by atoms with Crippen molar-refractivity contribution < 1.29 is 0 Å². The van der Waals surface area contributed by atoms with Crippen LogP contribution in [0.2, 0.25) is 0 Å². The molecule has 1 aliphatic heterocycles. The largest absolute Gasteiger partial charge is 0.145 e. The number of hydrogen-bond acceptors (Lipinski definition) is 1. The molecule has 1 atom stereocenters. The zero-order valence-corrected chi connectivity index (χ0v) is 7.97. The summed E-state index contributed by atoms with van der Waals surface area (Å²) < 4.78 is 0. The SMILES string of the molecule is Cc1ccc(C2C=CCS2)cc1. The molecule has 62 valence electrons. The first-order valence-electron chi connectivity index (χ1n) is 4.21. The quantitative estimate of drug-likeness (QED) is 0.591. The van der Waals surface area contributed by atoms with Crippen LogP contribution in [0.1, 0.15) is 16.4 Å². The van der Waals surface area contributed by atoms with E-state index in [1.165, 1.54) is 16.9 Å². The molecule has 1 aromatic carbocycles. The minimum Gasteiger partial charge on any atom is -0.145 e. The monoisotopic (exact) mass is 176 g/mol. The number of thioether (sulfide) groups is 1. The van der Waals surface area contributed by atoms with E-state index in [4.69, 9.17) is 0 Å². The molecule has 0 aliphatic carbocycles. The van der Waals surface area contributed by atoms with Crippen LogP contribution in [0.25, 0.3) is 0 Å². The average molecular weight is 176 g/mol. The van der Waals surface area contributed by atoms with Crippen LogP contribution in [0.5, 0.6) is 0 Å². The molecule has 0 saturated carbocycles. The predicted molar refractivity (Wildman–Crippen MR) is 55.5 cm³/mol. The number of rotatable bonds is 1. The first kappa shape index (κ1) is 7.93. The van der Waals surface area contributed by atoms with Gasteiger partial charge < -0.3 is 0 Å². The molecule has 0 nitrogen and oxygen atoms in total. The highest BCUT2D eigenvalue weighted by atomic mass is 32.2. The summed E-state index contributed by atoms with van der Waals surface area (Å²) in [6, 6.07) is 8.81. The van der Waals surface area contributed by atoms with Crippen molar-refractivity contribution in [1.29, 1.82) is 0 Å². The first-order chi connectivity index (χ1) is 5.86. The Labute approximate surface area is 77.7 Å². The Bertz CT molecular complexity index is 284. The number of hydrogen-bond donors (Lipinski definition) is 0. The highest BCUT2D eigenvalue weighted by molar-refractivity contribution is 8.00. The van der Waals surface area contributed by atoms with E-state index in [0.29, 0.717) is 5.25 Å². The second-order valence-electron chi connectivity index (χ2n) is 3.09. The van der Waals surface area contributed by atoms with E-state index in [-0.39, 0.29) is 0 Å². The molecule has 1 heterocycles. The third-order valence-electron chi connectivity index (χ3n) is 2.09. The van der Waals surface area contributed by atoms with Gasteiger partial charge in [-0.25, -0.2) is 0 Å². The van der Waals surface area contributed by atoms with Crippen molar-refractivity contribution in [3.63, 3.8) is 0 Å².